The number of hydrogen-bond donors (Lipinski definition) is 1. The van der Waals surface area contributed by atoms with Crippen molar-refractivity contribution >= 4 is 17.7 Å². The van der Waals surface area contributed by atoms with Crippen LogP contribution in [0.4, 0.5) is 0 Å². The summed E-state index contributed by atoms with van der Waals surface area (Å²) in [5, 5.41) is -0.166. The summed E-state index contributed by atoms with van der Waals surface area (Å²) >= 11 is 3.62. The van der Waals surface area contributed by atoms with Gasteiger partial charge in [0.05, 0.1) is 0 Å². The third kappa shape index (κ3) is 4.28. The molecule has 0 bridgehead atoms. The van der Waals surface area contributed by atoms with Crippen molar-refractivity contribution in [1.82, 2.24) is 0 Å². The fraction of sp³-hybridized carbons (Fsp3) is 0.571. The van der Waals surface area contributed by atoms with E-state index in [4.69, 9.17) is 0 Å². The van der Waals surface area contributed by atoms with E-state index in [2.05, 4.69) is 12.6 Å². The summed E-state index contributed by atoms with van der Waals surface area (Å²) in [5.41, 5.74) is 1.08. The number of allylic oxidation sites excluding steroid dienone is 1. The second kappa shape index (κ2) is 3.72. The Hall–Kier alpha value is -0.240. The molecule has 9 heavy (non-hydrogen) atoms. The van der Waals surface area contributed by atoms with E-state index < -0.39 is 0 Å². The van der Waals surface area contributed by atoms with Crippen LogP contribution in [-0.2, 0) is 4.79 Å². The summed E-state index contributed by atoms with van der Waals surface area (Å²) in [6.07, 6.45) is 1.55. The van der Waals surface area contributed by atoms with E-state index in [9.17, 15) is 4.79 Å². The fourth-order valence-electron chi connectivity index (χ4n) is 0.361. The molecule has 0 aliphatic carbocycles. The maximum Gasteiger partial charge on any atom is 0.209 e. The van der Waals surface area contributed by atoms with Crippen molar-refractivity contribution in [2.45, 2.75) is 20.8 Å². The Labute approximate surface area is 61.6 Å². The SMILES string of the molecule is C/C(=C\C(=O)S)C(C)C. The van der Waals surface area contributed by atoms with Crippen LogP contribution in [0.2, 0.25) is 0 Å². The quantitative estimate of drug-likeness (QED) is 0.463. The lowest BCUT2D eigenvalue weighted by Gasteiger charge is -2.01. The molecule has 0 spiro atoms. The Bertz CT molecular complexity index is 136. The lowest BCUT2D eigenvalue weighted by atomic mass is 10.1. The lowest BCUT2D eigenvalue weighted by molar-refractivity contribution is -0.106. The summed E-state index contributed by atoms with van der Waals surface area (Å²) in [6, 6.07) is 0. The molecule has 0 fully saturated rings. The monoisotopic (exact) mass is 144 g/mol. The molecule has 0 aromatic heterocycles. The second-order valence-corrected chi connectivity index (χ2v) is 2.82. The van der Waals surface area contributed by atoms with E-state index in [1.54, 1.807) is 6.08 Å². The van der Waals surface area contributed by atoms with Gasteiger partial charge in [-0.2, -0.15) is 0 Å². The highest BCUT2D eigenvalue weighted by Crippen LogP contribution is 2.07. The summed E-state index contributed by atoms with van der Waals surface area (Å²) in [4.78, 5) is 10.3. The van der Waals surface area contributed by atoms with Crippen molar-refractivity contribution in [1.29, 1.82) is 0 Å². The van der Waals surface area contributed by atoms with Gasteiger partial charge in [0, 0.05) is 0 Å². The summed E-state index contributed by atoms with van der Waals surface area (Å²) in [7, 11) is 0. The van der Waals surface area contributed by atoms with Crippen molar-refractivity contribution in [2.75, 3.05) is 0 Å². The van der Waals surface area contributed by atoms with Crippen molar-refractivity contribution in [2.24, 2.45) is 5.92 Å². The number of carbonyl (C=O) groups is 1. The molecule has 0 saturated carbocycles. The minimum atomic E-state index is -0.166. The molecule has 0 aliphatic rings. The molecule has 0 unspecified atom stereocenters. The van der Waals surface area contributed by atoms with Gasteiger partial charge in [0.15, 0.2) is 0 Å². The first kappa shape index (κ1) is 8.76. The Kier molecular flexibility index (Phi) is 3.62. The topological polar surface area (TPSA) is 17.1 Å². The van der Waals surface area contributed by atoms with Crippen LogP contribution in [0.3, 0.4) is 0 Å². The molecule has 0 aromatic rings. The average molecular weight is 144 g/mol. The number of hydrogen-bond acceptors (Lipinski definition) is 1. The standard InChI is InChI=1S/C7H12OS/c1-5(2)6(3)4-7(8)9/h4-5H,1-3H3,(H,8,9)/b6-4+. The first-order valence-corrected chi connectivity index (χ1v) is 3.40. The summed E-state index contributed by atoms with van der Waals surface area (Å²) in [5.74, 6) is 0.445. The van der Waals surface area contributed by atoms with Crippen LogP contribution < -0.4 is 0 Å². The molecule has 1 nitrogen and oxygen atoms in total. The molecule has 0 aromatic carbocycles. The van der Waals surface area contributed by atoms with Gasteiger partial charge in [-0.3, -0.25) is 4.79 Å². The third-order valence-corrected chi connectivity index (χ3v) is 1.39. The summed E-state index contributed by atoms with van der Waals surface area (Å²) in [6.45, 7) is 6.02. The molecule has 0 amide bonds. The van der Waals surface area contributed by atoms with Crippen LogP contribution in [-0.4, -0.2) is 5.12 Å². The Morgan fingerprint density at radius 3 is 2.11 bits per heavy atom. The van der Waals surface area contributed by atoms with Crippen LogP contribution >= 0.6 is 12.6 Å². The Balaban J connectivity index is 4.00. The molecule has 0 aliphatic heterocycles. The van der Waals surface area contributed by atoms with Gasteiger partial charge in [0.2, 0.25) is 5.12 Å². The third-order valence-electron chi connectivity index (χ3n) is 1.26. The Morgan fingerprint density at radius 1 is 1.56 bits per heavy atom. The smallest absolute Gasteiger partial charge is 0.209 e. The van der Waals surface area contributed by atoms with Crippen LogP contribution in [0.5, 0.6) is 0 Å². The van der Waals surface area contributed by atoms with E-state index >= 15 is 0 Å². The van der Waals surface area contributed by atoms with E-state index in [0.29, 0.717) is 5.92 Å². The normalized spacial score (nSPS) is 12.3. The highest BCUT2D eigenvalue weighted by molar-refractivity contribution is 7.97. The number of thiol groups is 1. The number of rotatable bonds is 2. The molecule has 0 saturated heterocycles. The zero-order chi connectivity index (χ0) is 7.44. The van der Waals surface area contributed by atoms with Crippen LogP contribution in [0.15, 0.2) is 11.6 Å². The second-order valence-electron chi connectivity index (χ2n) is 2.38. The molecular weight excluding hydrogens is 132 g/mol. The van der Waals surface area contributed by atoms with Crippen LogP contribution in [0.25, 0.3) is 0 Å². The van der Waals surface area contributed by atoms with Crippen LogP contribution in [0, 0.1) is 5.92 Å². The molecule has 0 atom stereocenters. The van der Waals surface area contributed by atoms with E-state index in [0.717, 1.165) is 5.57 Å². The highest BCUT2D eigenvalue weighted by Gasteiger charge is 1.96. The highest BCUT2D eigenvalue weighted by atomic mass is 32.1. The van der Waals surface area contributed by atoms with E-state index in [1.165, 1.54) is 0 Å². The van der Waals surface area contributed by atoms with Crippen LogP contribution in [0.1, 0.15) is 20.8 Å². The van der Waals surface area contributed by atoms with Gasteiger partial charge in [-0.1, -0.05) is 19.4 Å². The summed E-state index contributed by atoms with van der Waals surface area (Å²) < 4.78 is 0. The Morgan fingerprint density at radius 2 is 2.00 bits per heavy atom. The van der Waals surface area contributed by atoms with Crippen molar-refractivity contribution < 1.29 is 4.79 Å². The van der Waals surface area contributed by atoms with E-state index in [-0.39, 0.29) is 5.12 Å². The van der Waals surface area contributed by atoms with Gasteiger partial charge in [-0.05, 0) is 18.9 Å². The van der Waals surface area contributed by atoms with Crippen molar-refractivity contribution in [3.8, 4) is 0 Å². The van der Waals surface area contributed by atoms with Gasteiger partial charge in [0.1, 0.15) is 0 Å². The zero-order valence-corrected chi connectivity index (χ0v) is 6.90. The predicted molar refractivity (Wildman–Crippen MR) is 42.6 cm³/mol. The molecule has 0 radical (unpaired) electrons. The van der Waals surface area contributed by atoms with Gasteiger partial charge < -0.3 is 0 Å². The van der Waals surface area contributed by atoms with Gasteiger partial charge in [-0.15, -0.1) is 12.6 Å². The van der Waals surface area contributed by atoms with Gasteiger partial charge in [0.25, 0.3) is 0 Å². The van der Waals surface area contributed by atoms with Gasteiger partial charge in [-0.25, -0.2) is 0 Å². The van der Waals surface area contributed by atoms with Gasteiger partial charge >= 0.3 is 0 Å². The maximum atomic E-state index is 10.3. The maximum absolute atomic E-state index is 10.3. The fourth-order valence-corrected chi connectivity index (χ4v) is 0.565. The molecule has 0 rings (SSSR count). The minimum absolute atomic E-state index is 0.166. The van der Waals surface area contributed by atoms with Crippen molar-refractivity contribution in [3.05, 3.63) is 11.6 Å². The predicted octanol–water partition coefficient (Wildman–Crippen LogP) is 2.05. The average Bonchev–Trinajstić information content (AvgIpc) is 1.63. The molecule has 0 N–H and O–H groups in total. The lowest BCUT2D eigenvalue weighted by Crippen LogP contribution is -1.90. The first-order chi connectivity index (χ1) is 4.04. The van der Waals surface area contributed by atoms with Crippen molar-refractivity contribution in [3.63, 3.8) is 0 Å². The number of carbonyl (C=O) groups excluding carboxylic acids is 1. The minimum Gasteiger partial charge on any atom is -0.283 e. The molecule has 2 heteroatoms. The first-order valence-electron chi connectivity index (χ1n) is 2.95. The molecule has 52 valence electrons. The molecular formula is C7H12OS. The molecule has 0 heterocycles. The zero-order valence-electron chi connectivity index (χ0n) is 6.01. The largest absolute Gasteiger partial charge is 0.283 e. The van der Waals surface area contributed by atoms with E-state index in [1.807, 2.05) is 20.8 Å².